The number of rotatable bonds is 4. The Morgan fingerprint density at radius 1 is 1.19 bits per heavy atom. The number of hydrogen-bond donors (Lipinski definition) is 1. The van der Waals surface area contributed by atoms with Crippen molar-refractivity contribution >= 4 is 27.2 Å². The van der Waals surface area contributed by atoms with Crippen molar-refractivity contribution in [2.24, 2.45) is 5.73 Å². The smallest absolute Gasteiger partial charge is 0.243 e. The highest BCUT2D eigenvalue weighted by atomic mass is 32.2. The standard InChI is InChI=1S/C14H21N3O2S2/c1-16-7-2-8-17(10-9-16)21(18,19)13-5-3-12(4-6-13)11-14(15)20/h3-6H,2,7-11H2,1H3,(H2,15,20). The number of likely N-dealkylation sites (N-methyl/N-ethyl adjacent to an activating group) is 1. The lowest BCUT2D eigenvalue weighted by Crippen LogP contribution is -2.34. The van der Waals surface area contributed by atoms with E-state index in [-0.39, 0.29) is 0 Å². The van der Waals surface area contributed by atoms with Crippen molar-refractivity contribution in [2.75, 3.05) is 33.2 Å². The van der Waals surface area contributed by atoms with Gasteiger partial charge in [0.05, 0.1) is 9.88 Å². The molecule has 0 bridgehead atoms. The fourth-order valence-corrected chi connectivity index (χ4v) is 4.03. The Balaban J connectivity index is 2.16. The molecule has 0 aromatic heterocycles. The number of benzene rings is 1. The number of thiocarbonyl (C=S) groups is 1. The van der Waals surface area contributed by atoms with Crippen molar-refractivity contribution in [2.45, 2.75) is 17.7 Å². The predicted molar refractivity (Wildman–Crippen MR) is 87.8 cm³/mol. The molecule has 1 heterocycles. The molecule has 1 aromatic rings. The summed E-state index contributed by atoms with van der Waals surface area (Å²) in [4.78, 5) is 2.89. The third kappa shape index (κ3) is 4.23. The van der Waals surface area contributed by atoms with Gasteiger partial charge in [-0.25, -0.2) is 8.42 Å². The lowest BCUT2D eigenvalue weighted by atomic mass is 10.1. The fraction of sp³-hybridized carbons (Fsp3) is 0.500. The quantitative estimate of drug-likeness (QED) is 0.830. The van der Waals surface area contributed by atoms with Gasteiger partial charge in [-0.15, -0.1) is 0 Å². The Bertz CT molecular complexity index is 599. The molecular formula is C14H21N3O2S2. The number of nitrogens with zero attached hydrogens (tertiary/aromatic N) is 2. The van der Waals surface area contributed by atoms with E-state index in [0.29, 0.717) is 29.4 Å². The van der Waals surface area contributed by atoms with Crippen LogP contribution in [0.15, 0.2) is 29.2 Å². The minimum atomic E-state index is -3.41. The van der Waals surface area contributed by atoms with Crippen LogP contribution in [0.4, 0.5) is 0 Å². The van der Waals surface area contributed by atoms with E-state index in [1.165, 1.54) is 0 Å². The monoisotopic (exact) mass is 327 g/mol. The molecule has 1 aliphatic rings. The molecule has 7 heteroatoms. The van der Waals surface area contributed by atoms with Crippen molar-refractivity contribution in [3.63, 3.8) is 0 Å². The van der Waals surface area contributed by atoms with E-state index in [2.05, 4.69) is 4.90 Å². The Kier molecular flexibility index (Phi) is 5.32. The highest BCUT2D eigenvalue weighted by Crippen LogP contribution is 2.18. The molecule has 1 saturated heterocycles. The molecule has 1 aliphatic heterocycles. The molecule has 1 fully saturated rings. The average molecular weight is 327 g/mol. The maximum atomic E-state index is 12.6. The van der Waals surface area contributed by atoms with Crippen LogP contribution in [0.2, 0.25) is 0 Å². The predicted octanol–water partition coefficient (Wildman–Crippen LogP) is 0.841. The van der Waals surface area contributed by atoms with Gasteiger partial charge in [-0.1, -0.05) is 24.4 Å². The maximum absolute atomic E-state index is 12.6. The molecule has 2 N–H and O–H groups in total. The summed E-state index contributed by atoms with van der Waals surface area (Å²) < 4.78 is 26.8. The lowest BCUT2D eigenvalue weighted by molar-refractivity contribution is 0.347. The highest BCUT2D eigenvalue weighted by molar-refractivity contribution is 7.89. The second kappa shape index (κ2) is 6.83. The molecule has 5 nitrogen and oxygen atoms in total. The topological polar surface area (TPSA) is 66.6 Å². The average Bonchev–Trinajstić information content (AvgIpc) is 2.64. The molecule has 0 radical (unpaired) electrons. The molecule has 0 aliphatic carbocycles. The van der Waals surface area contributed by atoms with Gasteiger partial charge in [-0.05, 0) is 37.7 Å². The van der Waals surface area contributed by atoms with E-state index in [4.69, 9.17) is 18.0 Å². The van der Waals surface area contributed by atoms with Gasteiger partial charge in [0, 0.05) is 26.1 Å². The maximum Gasteiger partial charge on any atom is 0.243 e. The van der Waals surface area contributed by atoms with Crippen molar-refractivity contribution in [1.29, 1.82) is 0 Å². The molecule has 2 rings (SSSR count). The van der Waals surface area contributed by atoms with Gasteiger partial charge >= 0.3 is 0 Å². The van der Waals surface area contributed by atoms with E-state index >= 15 is 0 Å². The van der Waals surface area contributed by atoms with Gasteiger partial charge in [0.15, 0.2) is 0 Å². The summed E-state index contributed by atoms with van der Waals surface area (Å²) in [5, 5.41) is 0. The van der Waals surface area contributed by atoms with Gasteiger partial charge in [-0.3, -0.25) is 0 Å². The van der Waals surface area contributed by atoms with Gasteiger partial charge < -0.3 is 10.6 Å². The number of hydrogen-bond acceptors (Lipinski definition) is 4. The van der Waals surface area contributed by atoms with Gasteiger partial charge in [-0.2, -0.15) is 4.31 Å². The first-order valence-corrected chi connectivity index (χ1v) is 8.80. The fourth-order valence-electron chi connectivity index (χ4n) is 2.39. The molecule has 0 spiro atoms. The van der Waals surface area contributed by atoms with Crippen molar-refractivity contribution in [3.8, 4) is 0 Å². The van der Waals surface area contributed by atoms with Crippen LogP contribution < -0.4 is 5.73 Å². The zero-order chi connectivity index (χ0) is 15.5. The van der Waals surface area contributed by atoms with E-state index in [9.17, 15) is 8.42 Å². The Morgan fingerprint density at radius 3 is 2.48 bits per heavy atom. The van der Waals surface area contributed by atoms with E-state index in [1.807, 2.05) is 7.05 Å². The molecule has 116 valence electrons. The first-order valence-electron chi connectivity index (χ1n) is 6.95. The molecule has 21 heavy (non-hydrogen) atoms. The van der Waals surface area contributed by atoms with Crippen LogP contribution >= 0.6 is 12.2 Å². The second-order valence-corrected chi connectivity index (χ2v) is 7.81. The Morgan fingerprint density at radius 2 is 1.86 bits per heavy atom. The zero-order valence-corrected chi connectivity index (χ0v) is 13.8. The van der Waals surface area contributed by atoms with Crippen LogP contribution in [0.3, 0.4) is 0 Å². The van der Waals surface area contributed by atoms with Crippen LogP contribution in [0, 0.1) is 0 Å². The molecule has 0 amide bonds. The zero-order valence-electron chi connectivity index (χ0n) is 12.2. The van der Waals surface area contributed by atoms with Crippen LogP contribution in [0.25, 0.3) is 0 Å². The number of sulfonamides is 1. The van der Waals surface area contributed by atoms with Gasteiger partial charge in [0.25, 0.3) is 0 Å². The minimum absolute atomic E-state index is 0.332. The Hall–Kier alpha value is -1.02. The number of nitrogens with two attached hydrogens (primary N) is 1. The largest absolute Gasteiger partial charge is 0.393 e. The summed E-state index contributed by atoms with van der Waals surface area (Å²) in [6.45, 7) is 2.80. The Labute approximate surface area is 131 Å². The van der Waals surface area contributed by atoms with E-state index in [1.54, 1.807) is 28.6 Å². The third-order valence-corrected chi connectivity index (χ3v) is 5.68. The molecule has 0 atom stereocenters. The summed E-state index contributed by atoms with van der Waals surface area (Å²) in [6.07, 6.45) is 1.35. The molecule has 0 saturated carbocycles. The van der Waals surface area contributed by atoms with E-state index < -0.39 is 10.0 Å². The van der Waals surface area contributed by atoms with Crippen molar-refractivity contribution in [1.82, 2.24) is 9.21 Å². The lowest BCUT2D eigenvalue weighted by Gasteiger charge is -2.20. The van der Waals surface area contributed by atoms with Gasteiger partial charge in [0.2, 0.25) is 10.0 Å². The molecular weight excluding hydrogens is 306 g/mol. The van der Waals surface area contributed by atoms with Crippen molar-refractivity contribution in [3.05, 3.63) is 29.8 Å². The van der Waals surface area contributed by atoms with Crippen LogP contribution in [0.1, 0.15) is 12.0 Å². The summed E-state index contributed by atoms with van der Waals surface area (Å²) in [5.41, 5.74) is 6.42. The first-order chi connectivity index (χ1) is 9.89. The van der Waals surface area contributed by atoms with Crippen LogP contribution in [-0.2, 0) is 16.4 Å². The van der Waals surface area contributed by atoms with Gasteiger partial charge in [0.1, 0.15) is 0 Å². The second-order valence-electron chi connectivity index (χ2n) is 5.35. The minimum Gasteiger partial charge on any atom is -0.393 e. The summed E-state index contributed by atoms with van der Waals surface area (Å²) in [7, 11) is -1.40. The summed E-state index contributed by atoms with van der Waals surface area (Å²) in [5.74, 6) is 0. The van der Waals surface area contributed by atoms with Crippen LogP contribution in [0.5, 0.6) is 0 Å². The molecule has 0 unspecified atom stereocenters. The third-order valence-electron chi connectivity index (χ3n) is 3.62. The van der Waals surface area contributed by atoms with Crippen molar-refractivity contribution < 1.29 is 8.42 Å². The normalized spacial score (nSPS) is 18.3. The summed E-state index contributed by atoms with van der Waals surface area (Å²) in [6, 6.07) is 6.82. The first kappa shape index (κ1) is 16.4. The SMILES string of the molecule is CN1CCCN(S(=O)(=O)c2ccc(CC(N)=S)cc2)CC1. The highest BCUT2D eigenvalue weighted by Gasteiger charge is 2.25. The van der Waals surface area contributed by atoms with Crippen LogP contribution in [-0.4, -0.2) is 55.8 Å². The molecule has 1 aromatic carbocycles. The van der Waals surface area contributed by atoms with E-state index in [0.717, 1.165) is 25.1 Å². The summed E-state index contributed by atoms with van der Waals surface area (Å²) >= 11 is 4.86.